The van der Waals surface area contributed by atoms with Crippen molar-refractivity contribution in [3.63, 3.8) is 0 Å². The Balaban J connectivity index is 0.00000121. The lowest BCUT2D eigenvalue weighted by Crippen LogP contribution is -2.31. The van der Waals surface area contributed by atoms with Gasteiger partial charge in [0, 0.05) is 19.0 Å². The standard InChI is InChI=1S/C9H16N2.CH4/c10-7-4-8-11-9-5-2-1-3-6-9;/h9,11H,1-6,8H2;1H4. The van der Waals surface area contributed by atoms with Crippen LogP contribution < -0.4 is 5.32 Å². The Bertz CT molecular complexity index is 131. The average Bonchev–Trinajstić information content (AvgIpc) is 2.07. The highest BCUT2D eigenvalue weighted by Gasteiger charge is 2.11. The van der Waals surface area contributed by atoms with Gasteiger partial charge >= 0.3 is 0 Å². The number of hydrogen-bond donors (Lipinski definition) is 1. The predicted molar refractivity (Wildman–Crippen MR) is 51.8 cm³/mol. The zero-order valence-corrected chi connectivity index (χ0v) is 6.97. The molecule has 70 valence electrons. The fraction of sp³-hybridized carbons (Fsp3) is 0.900. The summed E-state index contributed by atoms with van der Waals surface area (Å²) in [7, 11) is 0. The van der Waals surface area contributed by atoms with E-state index in [0.717, 1.165) is 6.54 Å². The van der Waals surface area contributed by atoms with Gasteiger partial charge in [-0.25, -0.2) is 0 Å². The fourth-order valence-electron chi connectivity index (χ4n) is 1.64. The molecule has 1 fully saturated rings. The molecule has 0 aromatic carbocycles. The molecule has 1 aliphatic carbocycles. The molecule has 0 amide bonds. The van der Waals surface area contributed by atoms with E-state index in [0.29, 0.717) is 12.5 Å². The van der Waals surface area contributed by atoms with Gasteiger partial charge in [0.15, 0.2) is 0 Å². The third-order valence-corrected chi connectivity index (χ3v) is 2.27. The van der Waals surface area contributed by atoms with Crippen LogP contribution in [-0.4, -0.2) is 12.6 Å². The van der Waals surface area contributed by atoms with E-state index in [1.54, 1.807) is 0 Å². The SMILES string of the molecule is C.N#CCCNC1CCCCC1. The molecule has 0 aromatic heterocycles. The van der Waals surface area contributed by atoms with Crippen LogP contribution >= 0.6 is 0 Å². The first-order valence-corrected chi connectivity index (χ1v) is 4.54. The molecule has 0 saturated heterocycles. The summed E-state index contributed by atoms with van der Waals surface area (Å²) in [4.78, 5) is 0. The molecule has 2 heteroatoms. The van der Waals surface area contributed by atoms with Crippen molar-refractivity contribution in [3.8, 4) is 6.07 Å². The predicted octanol–water partition coefficient (Wildman–Crippen LogP) is 2.46. The van der Waals surface area contributed by atoms with Crippen LogP contribution in [0.4, 0.5) is 0 Å². The van der Waals surface area contributed by atoms with Crippen LogP contribution in [-0.2, 0) is 0 Å². The molecular weight excluding hydrogens is 148 g/mol. The van der Waals surface area contributed by atoms with E-state index in [1.807, 2.05) is 0 Å². The first-order chi connectivity index (χ1) is 5.43. The van der Waals surface area contributed by atoms with Crippen LogP contribution in [0, 0.1) is 11.3 Å². The third kappa shape index (κ3) is 4.35. The molecule has 1 rings (SSSR count). The van der Waals surface area contributed by atoms with Crippen molar-refractivity contribution in [3.05, 3.63) is 0 Å². The van der Waals surface area contributed by atoms with Gasteiger partial charge in [0.25, 0.3) is 0 Å². The van der Waals surface area contributed by atoms with Crippen molar-refractivity contribution in [2.45, 2.75) is 52.0 Å². The molecule has 0 spiro atoms. The van der Waals surface area contributed by atoms with E-state index in [1.165, 1.54) is 32.1 Å². The minimum Gasteiger partial charge on any atom is -0.313 e. The second kappa shape index (κ2) is 7.12. The van der Waals surface area contributed by atoms with Gasteiger partial charge in [-0.2, -0.15) is 5.26 Å². The second-order valence-electron chi connectivity index (χ2n) is 3.20. The van der Waals surface area contributed by atoms with Gasteiger partial charge in [0.2, 0.25) is 0 Å². The molecule has 2 nitrogen and oxygen atoms in total. The van der Waals surface area contributed by atoms with Crippen LogP contribution in [0.5, 0.6) is 0 Å². The average molecular weight is 168 g/mol. The van der Waals surface area contributed by atoms with Crippen molar-refractivity contribution < 1.29 is 0 Å². The summed E-state index contributed by atoms with van der Waals surface area (Å²) < 4.78 is 0. The van der Waals surface area contributed by atoms with Crippen molar-refractivity contribution in [2.24, 2.45) is 0 Å². The molecule has 0 radical (unpaired) electrons. The lowest BCUT2D eigenvalue weighted by atomic mass is 9.95. The Hall–Kier alpha value is -0.550. The monoisotopic (exact) mass is 168 g/mol. The molecule has 1 aliphatic rings. The van der Waals surface area contributed by atoms with Gasteiger partial charge < -0.3 is 5.32 Å². The molecule has 0 aromatic rings. The lowest BCUT2D eigenvalue weighted by molar-refractivity contribution is 0.377. The number of nitrogens with one attached hydrogen (secondary N) is 1. The topological polar surface area (TPSA) is 35.8 Å². The van der Waals surface area contributed by atoms with Crippen LogP contribution in [0.3, 0.4) is 0 Å². The Morgan fingerprint density at radius 2 is 1.92 bits per heavy atom. The van der Waals surface area contributed by atoms with E-state index in [4.69, 9.17) is 5.26 Å². The van der Waals surface area contributed by atoms with Crippen LogP contribution in [0.15, 0.2) is 0 Å². The first-order valence-electron chi connectivity index (χ1n) is 4.54. The van der Waals surface area contributed by atoms with Crippen molar-refractivity contribution in [1.82, 2.24) is 5.32 Å². The van der Waals surface area contributed by atoms with Gasteiger partial charge in [-0.05, 0) is 12.8 Å². The van der Waals surface area contributed by atoms with Crippen molar-refractivity contribution in [2.75, 3.05) is 6.54 Å². The van der Waals surface area contributed by atoms with Gasteiger partial charge in [-0.15, -0.1) is 0 Å². The van der Waals surface area contributed by atoms with Gasteiger partial charge in [-0.3, -0.25) is 0 Å². The third-order valence-electron chi connectivity index (χ3n) is 2.27. The highest BCUT2D eigenvalue weighted by molar-refractivity contribution is 4.75. The number of nitrogens with zero attached hydrogens (tertiary/aromatic N) is 1. The van der Waals surface area contributed by atoms with E-state index in [-0.39, 0.29) is 7.43 Å². The first kappa shape index (κ1) is 11.4. The lowest BCUT2D eigenvalue weighted by Gasteiger charge is -2.22. The summed E-state index contributed by atoms with van der Waals surface area (Å²) in [5.74, 6) is 0. The van der Waals surface area contributed by atoms with Gasteiger partial charge in [0.05, 0.1) is 6.07 Å². The fourth-order valence-corrected chi connectivity index (χ4v) is 1.64. The molecule has 0 unspecified atom stereocenters. The largest absolute Gasteiger partial charge is 0.313 e. The Labute approximate surface area is 76.0 Å². The Morgan fingerprint density at radius 1 is 1.25 bits per heavy atom. The summed E-state index contributed by atoms with van der Waals surface area (Å²) >= 11 is 0. The second-order valence-corrected chi connectivity index (χ2v) is 3.20. The highest BCUT2D eigenvalue weighted by atomic mass is 14.9. The number of hydrogen-bond acceptors (Lipinski definition) is 2. The summed E-state index contributed by atoms with van der Waals surface area (Å²) in [5, 5.41) is 11.7. The maximum Gasteiger partial charge on any atom is 0.0635 e. The molecule has 1 saturated carbocycles. The molecule has 0 bridgehead atoms. The van der Waals surface area contributed by atoms with Crippen LogP contribution in [0.2, 0.25) is 0 Å². The van der Waals surface area contributed by atoms with Crippen molar-refractivity contribution in [1.29, 1.82) is 5.26 Å². The van der Waals surface area contributed by atoms with Gasteiger partial charge in [0.1, 0.15) is 0 Å². The smallest absolute Gasteiger partial charge is 0.0635 e. The highest BCUT2D eigenvalue weighted by Crippen LogP contribution is 2.16. The van der Waals surface area contributed by atoms with Gasteiger partial charge in [-0.1, -0.05) is 26.7 Å². The molecular formula is C10H20N2. The molecule has 0 aliphatic heterocycles. The number of nitriles is 1. The molecule has 1 N–H and O–H groups in total. The van der Waals surface area contributed by atoms with E-state index >= 15 is 0 Å². The maximum absolute atomic E-state index is 8.31. The van der Waals surface area contributed by atoms with Crippen LogP contribution in [0.1, 0.15) is 46.0 Å². The van der Waals surface area contributed by atoms with E-state index in [2.05, 4.69) is 11.4 Å². The minimum atomic E-state index is 0. The minimum absolute atomic E-state index is 0. The zero-order chi connectivity index (χ0) is 7.94. The normalized spacial score (nSPS) is 17.9. The summed E-state index contributed by atoms with van der Waals surface area (Å²) in [5.41, 5.74) is 0. The summed E-state index contributed by atoms with van der Waals surface area (Å²) in [6, 6.07) is 2.85. The summed E-state index contributed by atoms with van der Waals surface area (Å²) in [6.45, 7) is 0.876. The van der Waals surface area contributed by atoms with E-state index < -0.39 is 0 Å². The maximum atomic E-state index is 8.31. The molecule has 0 heterocycles. The van der Waals surface area contributed by atoms with Crippen molar-refractivity contribution >= 4 is 0 Å². The zero-order valence-electron chi connectivity index (χ0n) is 6.97. The van der Waals surface area contributed by atoms with E-state index in [9.17, 15) is 0 Å². The summed E-state index contributed by atoms with van der Waals surface area (Å²) in [6.07, 6.45) is 7.40. The van der Waals surface area contributed by atoms with Crippen LogP contribution in [0.25, 0.3) is 0 Å². The Morgan fingerprint density at radius 3 is 2.50 bits per heavy atom. The molecule has 0 atom stereocenters. The quantitative estimate of drug-likeness (QED) is 0.657. The molecule has 12 heavy (non-hydrogen) atoms. The Kier molecular flexibility index (Phi) is 6.79. The number of rotatable bonds is 3.